The summed E-state index contributed by atoms with van der Waals surface area (Å²) in [6.07, 6.45) is 1.71. The third kappa shape index (κ3) is 5.69. The van der Waals surface area contributed by atoms with Crippen molar-refractivity contribution in [2.45, 2.75) is 46.6 Å². The summed E-state index contributed by atoms with van der Waals surface area (Å²) in [6.45, 7) is 9.53. The van der Waals surface area contributed by atoms with E-state index in [-0.39, 0.29) is 17.9 Å². The normalized spacial score (nSPS) is 14.1. The zero-order chi connectivity index (χ0) is 13.3. The number of carbonyl (C=O) groups is 1. The van der Waals surface area contributed by atoms with Gasteiger partial charge in [0, 0.05) is 6.54 Å². The molecule has 4 nitrogen and oxygen atoms in total. The van der Waals surface area contributed by atoms with Crippen LogP contribution in [0.4, 0.5) is 0 Å². The summed E-state index contributed by atoms with van der Waals surface area (Å²) in [5.41, 5.74) is 0. The molecule has 0 heterocycles. The zero-order valence-corrected chi connectivity index (χ0v) is 11.4. The van der Waals surface area contributed by atoms with E-state index in [1.807, 2.05) is 32.6 Å². The van der Waals surface area contributed by atoms with E-state index in [0.29, 0.717) is 13.2 Å². The second-order valence-corrected chi connectivity index (χ2v) is 4.17. The lowest BCUT2D eigenvalue weighted by Gasteiger charge is -2.29. The van der Waals surface area contributed by atoms with Gasteiger partial charge >= 0.3 is 5.97 Å². The summed E-state index contributed by atoms with van der Waals surface area (Å²) < 4.78 is 5.09. The number of esters is 1. The fourth-order valence-corrected chi connectivity index (χ4v) is 1.83. The van der Waals surface area contributed by atoms with Gasteiger partial charge in [0.05, 0.1) is 18.6 Å². The second-order valence-electron chi connectivity index (χ2n) is 4.17. The van der Waals surface area contributed by atoms with Crippen LogP contribution in [0.1, 0.15) is 40.5 Å². The first-order valence-corrected chi connectivity index (χ1v) is 6.40. The maximum absolute atomic E-state index is 11.9. The minimum atomic E-state index is -0.208. The molecule has 0 N–H and O–H groups in total. The summed E-state index contributed by atoms with van der Waals surface area (Å²) in [4.78, 5) is 13.9. The van der Waals surface area contributed by atoms with Crippen molar-refractivity contribution in [3.63, 3.8) is 0 Å². The molecule has 98 valence electrons. The van der Waals surface area contributed by atoms with E-state index in [2.05, 4.69) is 6.07 Å². The molecule has 17 heavy (non-hydrogen) atoms. The molecular formula is C13H24N2O2. The van der Waals surface area contributed by atoms with Crippen molar-refractivity contribution in [3.05, 3.63) is 0 Å². The SMILES string of the molecule is CCCC(C(=O)OCC)N(CC)CC(C)C#N. The predicted molar refractivity (Wildman–Crippen MR) is 67.4 cm³/mol. The molecule has 0 aliphatic rings. The Balaban J connectivity index is 4.62. The number of rotatable bonds is 8. The Labute approximate surface area is 105 Å². The van der Waals surface area contributed by atoms with E-state index in [1.54, 1.807) is 0 Å². The van der Waals surface area contributed by atoms with Gasteiger partial charge in [-0.1, -0.05) is 20.3 Å². The van der Waals surface area contributed by atoms with Crippen molar-refractivity contribution in [3.8, 4) is 6.07 Å². The van der Waals surface area contributed by atoms with Crippen LogP contribution in [0.2, 0.25) is 0 Å². The van der Waals surface area contributed by atoms with Gasteiger partial charge in [-0.15, -0.1) is 0 Å². The lowest BCUT2D eigenvalue weighted by atomic mass is 10.1. The molecule has 0 bridgehead atoms. The Hall–Kier alpha value is -1.08. The van der Waals surface area contributed by atoms with Crippen LogP contribution >= 0.6 is 0 Å². The lowest BCUT2D eigenvalue weighted by molar-refractivity contribution is -0.150. The highest BCUT2D eigenvalue weighted by Gasteiger charge is 2.26. The summed E-state index contributed by atoms with van der Waals surface area (Å²) in [6, 6.07) is 2.00. The Bertz CT molecular complexity index is 261. The number of hydrogen-bond donors (Lipinski definition) is 0. The molecular weight excluding hydrogens is 216 g/mol. The second kappa shape index (κ2) is 9.00. The topological polar surface area (TPSA) is 53.3 Å². The van der Waals surface area contributed by atoms with Crippen molar-refractivity contribution in [1.29, 1.82) is 5.26 Å². The molecule has 0 saturated carbocycles. The predicted octanol–water partition coefficient (Wildman–Crippen LogP) is 2.20. The standard InChI is InChI=1S/C13H24N2O2/c1-5-8-12(13(16)17-7-3)15(6-2)10-11(4)9-14/h11-12H,5-8,10H2,1-4H3. The van der Waals surface area contributed by atoms with Gasteiger partial charge in [0.1, 0.15) is 6.04 Å². The van der Waals surface area contributed by atoms with Crippen LogP contribution in [0.5, 0.6) is 0 Å². The summed E-state index contributed by atoms with van der Waals surface area (Å²) >= 11 is 0. The Morgan fingerprint density at radius 3 is 2.47 bits per heavy atom. The molecule has 0 amide bonds. The molecule has 0 aromatic heterocycles. The van der Waals surface area contributed by atoms with E-state index in [0.717, 1.165) is 19.4 Å². The molecule has 0 spiro atoms. The van der Waals surface area contributed by atoms with Crippen molar-refractivity contribution < 1.29 is 9.53 Å². The first kappa shape index (κ1) is 15.9. The highest BCUT2D eigenvalue weighted by molar-refractivity contribution is 5.75. The highest BCUT2D eigenvalue weighted by Crippen LogP contribution is 2.11. The van der Waals surface area contributed by atoms with E-state index in [4.69, 9.17) is 10.00 Å². The minimum absolute atomic E-state index is 0.0660. The molecule has 0 radical (unpaired) electrons. The molecule has 0 saturated heterocycles. The quantitative estimate of drug-likeness (QED) is 0.610. The monoisotopic (exact) mass is 240 g/mol. The molecule has 4 heteroatoms. The summed E-state index contributed by atoms with van der Waals surface area (Å²) in [5.74, 6) is -0.231. The van der Waals surface area contributed by atoms with Crippen LogP contribution in [0.15, 0.2) is 0 Å². The van der Waals surface area contributed by atoms with Crippen LogP contribution < -0.4 is 0 Å². The number of hydrogen-bond acceptors (Lipinski definition) is 4. The maximum Gasteiger partial charge on any atom is 0.323 e. The van der Waals surface area contributed by atoms with Gasteiger partial charge < -0.3 is 4.74 Å². The number of ether oxygens (including phenoxy) is 1. The van der Waals surface area contributed by atoms with Crippen LogP contribution in [0.25, 0.3) is 0 Å². The Morgan fingerprint density at radius 2 is 2.06 bits per heavy atom. The van der Waals surface area contributed by atoms with Gasteiger partial charge in [0.25, 0.3) is 0 Å². The van der Waals surface area contributed by atoms with Crippen molar-refractivity contribution in [1.82, 2.24) is 4.90 Å². The summed E-state index contributed by atoms with van der Waals surface area (Å²) in [5, 5.41) is 8.84. The largest absolute Gasteiger partial charge is 0.465 e. The Morgan fingerprint density at radius 1 is 1.41 bits per heavy atom. The molecule has 0 aliphatic heterocycles. The zero-order valence-electron chi connectivity index (χ0n) is 11.4. The number of likely N-dealkylation sites (N-methyl/N-ethyl adjacent to an activating group) is 1. The highest BCUT2D eigenvalue weighted by atomic mass is 16.5. The average molecular weight is 240 g/mol. The smallest absolute Gasteiger partial charge is 0.323 e. The van der Waals surface area contributed by atoms with Crippen molar-refractivity contribution in [2.24, 2.45) is 5.92 Å². The van der Waals surface area contributed by atoms with Crippen LogP contribution in [0.3, 0.4) is 0 Å². The average Bonchev–Trinajstić information content (AvgIpc) is 2.33. The van der Waals surface area contributed by atoms with Gasteiger partial charge in [-0.3, -0.25) is 9.69 Å². The number of nitrogens with zero attached hydrogens (tertiary/aromatic N) is 2. The molecule has 0 aromatic carbocycles. The molecule has 0 aromatic rings. The third-order valence-electron chi connectivity index (χ3n) is 2.70. The molecule has 2 unspecified atom stereocenters. The fraction of sp³-hybridized carbons (Fsp3) is 0.846. The van der Waals surface area contributed by atoms with Crippen molar-refractivity contribution >= 4 is 5.97 Å². The van der Waals surface area contributed by atoms with Gasteiger partial charge in [-0.2, -0.15) is 5.26 Å². The number of carbonyl (C=O) groups excluding carboxylic acids is 1. The lowest BCUT2D eigenvalue weighted by Crippen LogP contribution is -2.44. The van der Waals surface area contributed by atoms with Crippen LogP contribution in [-0.2, 0) is 9.53 Å². The van der Waals surface area contributed by atoms with Gasteiger partial charge in [-0.25, -0.2) is 0 Å². The van der Waals surface area contributed by atoms with E-state index in [1.165, 1.54) is 0 Å². The first-order valence-electron chi connectivity index (χ1n) is 6.40. The Kier molecular flexibility index (Phi) is 8.43. The molecule has 2 atom stereocenters. The van der Waals surface area contributed by atoms with Gasteiger partial charge in [0.2, 0.25) is 0 Å². The molecule has 0 rings (SSSR count). The van der Waals surface area contributed by atoms with Crippen molar-refractivity contribution in [2.75, 3.05) is 19.7 Å². The fourth-order valence-electron chi connectivity index (χ4n) is 1.83. The van der Waals surface area contributed by atoms with Crippen LogP contribution in [-0.4, -0.2) is 36.6 Å². The van der Waals surface area contributed by atoms with Gasteiger partial charge in [0.15, 0.2) is 0 Å². The first-order chi connectivity index (χ1) is 8.10. The summed E-state index contributed by atoms with van der Waals surface area (Å²) in [7, 11) is 0. The van der Waals surface area contributed by atoms with E-state index < -0.39 is 0 Å². The van der Waals surface area contributed by atoms with Crippen LogP contribution in [0, 0.1) is 17.2 Å². The third-order valence-corrected chi connectivity index (χ3v) is 2.70. The maximum atomic E-state index is 11.9. The molecule has 0 aliphatic carbocycles. The minimum Gasteiger partial charge on any atom is -0.465 e. The van der Waals surface area contributed by atoms with E-state index in [9.17, 15) is 4.79 Å². The molecule has 0 fully saturated rings. The van der Waals surface area contributed by atoms with E-state index >= 15 is 0 Å². The van der Waals surface area contributed by atoms with Gasteiger partial charge in [-0.05, 0) is 26.8 Å². The number of nitriles is 1.